The van der Waals surface area contributed by atoms with Gasteiger partial charge in [-0.25, -0.2) is 5.43 Å². The molecule has 4 nitrogen and oxygen atoms in total. The highest BCUT2D eigenvalue weighted by atomic mass is 35.5. The van der Waals surface area contributed by atoms with Crippen molar-refractivity contribution in [1.29, 1.82) is 0 Å². The Morgan fingerprint density at radius 2 is 1.95 bits per heavy atom. The molecule has 1 heterocycles. The number of benzene rings is 1. The quantitative estimate of drug-likeness (QED) is 0.656. The summed E-state index contributed by atoms with van der Waals surface area (Å²) in [6, 6.07) is 11.2. The Bertz CT molecular complexity index is 557. The summed E-state index contributed by atoms with van der Waals surface area (Å²) in [7, 11) is 0. The van der Waals surface area contributed by atoms with E-state index in [0.717, 1.165) is 17.0 Å². The van der Waals surface area contributed by atoms with E-state index in [4.69, 9.17) is 22.2 Å². The maximum absolute atomic E-state index is 5.87. The largest absolute Gasteiger partial charge is 0.491 e. The van der Waals surface area contributed by atoms with Crippen molar-refractivity contribution >= 4 is 11.6 Å². The summed E-state index contributed by atoms with van der Waals surface area (Å²) in [6.07, 6.45) is 1.69. The highest BCUT2D eigenvalue weighted by Crippen LogP contribution is 2.29. The number of halogens is 1. The molecule has 2 aromatic rings. The molecule has 1 aromatic heterocycles. The molecule has 2 rings (SSSR count). The Labute approximate surface area is 123 Å². The van der Waals surface area contributed by atoms with Crippen molar-refractivity contribution in [3.05, 3.63) is 58.9 Å². The molecule has 106 valence electrons. The van der Waals surface area contributed by atoms with Crippen molar-refractivity contribution in [2.75, 3.05) is 0 Å². The fourth-order valence-corrected chi connectivity index (χ4v) is 2.08. The third kappa shape index (κ3) is 3.48. The van der Waals surface area contributed by atoms with Gasteiger partial charge in [0.05, 0.1) is 22.9 Å². The van der Waals surface area contributed by atoms with Gasteiger partial charge in [0.25, 0.3) is 0 Å². The van der Waals surface area contributed by atoms with Crippen LogP contribution in [0.5, 0.6) is 5.75 Å². The van der Waals surface area contributed by atoms with Crippen LogP contribution in [-0.4, -0.2) is 11.1 Å². The van der Waals surface area contributed by atoms with Crippen LogP contribution < -0.4 is 16.0 Å². The third-order valence-corrected chi connectivity index (χ3v) is 3.03. The highest BCUT2D eigenvalue weighted by Gasteiger charge is 2.18. The SMILES string of the molecule is CC(C)Oc1ccccc1C(NN)c1ccc(Cl)cn1. The van der Waals surface area contributed by atoms with E-state index in [0.29, 0.717) is 5.02 Å². The number of hydrogen-bond acceptors (Lipinski definition) is 4. The Morgan fingerprint density at radius 3 is 2.55 bits per heavy atom. The molecule has 0 aliphatic heterocycles. The highest BCUT2D eigenvalue weighted by molar-refractivity contribution is 6.30. The fourth-order valence-electron chi connectivity index (χ4n) is 1.97. The number of rotatable bonds is 5. The van der Waals surface area contributed by atoms with Gasteiger partial charge in [-0.1, -0.05) is 29.8 Å². The summed E-state index contributed by atoms with van der Waals surface area (Å²) >= 11 is 5.87. The van der Waals surface area contributed by atoms with Crippen LogP contribution in [0.25, 0.3) is 0 Å². The number of hydrogen-bond donors (Lipinski definition) is 2. The number of nitrogens with one attached hydrogen (secondary N) is 1. The van der Waals surface area contributed by atoms with Crippen molar-refractivity contribution in [2.45, 2.75) is 26.0 Å². The molecule has 20 heavy (non-hydrogen) atoms. The molecule has 0 fully saturated rings. The summed E-state index contributed by atoms with van der Waals surface area (Å²) < 4.78 is 5.82. The molecule has 0 aliphatic carbocycles. The Morgan fingerprint density at radius 1 is 1.20 bits per heavy atom. The number of aromatic nitrogens is 1. The predicted molar refractivity (Wildman–Crippen MR) is 80.6 cm³/mol. The average molecular weight is 292 g/mol. The fraction of sp³-hybridized carbons (Fsp3) is 0.267. The summed E-state index contributed by atoms with van der Waals surface area (Å²) in [6.45, 7) is 3.98. The van der Waals surface area contributed by atoms with Gasteiger partial charge in [-0.2, -0.15) is 0 Å². The topological polar surface area (TPSA) is 60.2 Å². The van der Waals surface area contributed by atoms with E-state index in [1.54, 1.807) is 12.3 Å². The molecular weight excluding hydrogens is 274 g/mol. The minimum atomic E-state index is -0.248. The molecule has 0 aliphatic rings. The first-order chi connectivity index (χ1) is 9.61. The minimum absolute atomic E-state index is 0.0905. The van der Waals surface area contributed by atoms with Crippen LogP contribution in [0, 0.1) is 0 Å². The second kappa shape index (κ2) is 6.70. The van der Waals surface area contributed by atoms with Gasteiger partial charge >= 0.3 is 0 Å². The summed E-state index contributed by atoms with van der Waals surface area (Å²) in [4.78, 5) is 4.32. The van der Waals surface area contributed by atoms with Gasteiger partial charge in [0.1, 0.15) is 5.75 Å². The number of nitrogens with two attached hydrogens (primary N) is 1. The van der Waals surface area contributed by atoms with Gasteiger partial charge in [0, 0.05) is 11.8 Å². The van der Waals surface area contributed by atoms with Crippen molar-refractivity contribution in [3.63, 3.8) is 0 Å². The van der Waals surface area contributed by atoms with Crippen LogP contribution in [0.15, 0.2) is 42.6 Å². The molecule has 0 saturated carbocycles. The summed E-state index contributed by atoms with van der Waals surface area (Å²) in [5, 5.41) is 0.594. The zero-order chi connectivity index (χ0) is 14.5. The molecule has 3 N–H and O–H groups in total. The molecule has 5 heteroatoms. The van der Waals surface area contributed by atoms with Crippen LogP contribution in [0.1, 0.15) is 31.1 Å². The molecule has 0 bridgehead atoms. The van der Waals surface area contributed by atoms with Crippen molar-refractivity contribution < 1.29 is 4.74 Å². The van der Waals surface area contributed by atoms with Crippen LogP contribution in [-0.2, 0) is 0 Å². The van der Waals surface area contributed by atoms with Gasteiger partial charge in [-0.3, -0.25) is 10.8 Å². The zero-order valence-corrected chi connectivity index (χ0v) is 12.3. The number of pyridine rings is 1. The number of nitrogens with zero attached hydrogens (tertiary/aromatic N) is 1. The standard InChI is InChI=1S/C15H18ClN3O/c1-10(2)20-14-6-4-3-5-12(14)15(19-17)13-8-7-11(16)9-18-13/h3-10,15,19H,17H2,1-2H3. The zero-order valence-electron chi connectivity index (χ0n) is 11.5. The molecule has 0 saturated heterocycles. The molecular formula is C15H18ClN3O. The van der Waals surface area contributed by atoms with Gasteiger partial charge in [-0.15, -0.1) is 0 Å². The summed E-state index contributed by atoms with van der Waals surface area (Å²) in [5.74, 6) is 6.49. The van der Waals surface area contributed by atoms with E-state index >= 15 is 0 Å². The van der Waals surface area contributed by atoms with E-state index in [9.17, 15) is 0 Å². The smallest absolute Gasteiger partial charge is 0.124 e. The second-order valence-electron chi connectivity index (χ2n) is 4.71. The Balaban J connectivity index is 2.38. The first kappa shape index (κ1) is 14.8. The van der Waals surface area contributed by atoms with Gasteiger partial charge < -0.3 is 4.74 Å². The molecule has 0 radical (unpaired) electrons. The first-order valence-corrected chi connectivity index (χ1v) is 6.82. The third-order valence-electron chi connectivity index (χ3n) is 2.81. The van der Waals surface area contributed by atoms with E-state index < -0.39 is 0 Å². The van der Waals surface area contributed by atoms with Crippen molar-refractivity contribution in [2.24, 2.45) is 5.84 Å². The first-order valence-electron chi connectivity index (χ1n) is 6.45. The van der Waals surface area contributed by atoms with Crippen LogP contribution in [0.3, 0.4) is 0 Å². The maximum Gasteiger partial charge on any atom is 0.124 e. The molecule has 1 aromatic carbocycles. The average Bonchev–Trinajstić information content (AvgIpc) is 2.43. The molecule has 1 unspecified atom stereocenters. The lowest BCUT2D eigenvalue weighted by Gasteiger charge is -2.20. The van der Waals surface area contributed by atoms with Gasteiger partial charge in [-0.05, 0) is 32.0 Å². The molecule has 1 atom stereocenters. The van der Waals surface area contributed by atoms with E-state index in [1.807, 2.05) is 44.2 Å². The Kier molecular flexibility index (Phi) is 4.95. The number of hydrazine groups is 1. The second-order valence-corrected chi connectivity index (χ2v) is 5.14. The van der Waals surface area contributed by atoms with Crippen LogP contribution in [0.4, 0.5) is 0 Å². The van der Waals surface area contributed by atoms with Crippen LogP contribution >= 0.6 is 11.6 Å². The predicted octanol–water partition coefficient (Wildman–Crippen LogP) is 3.07. The summed E-state index contributed by atoms with van der Waals surface area (Å²) in [5.41, 5.74) is 4.51. The maximum atomic E-state index is 5.87. The number of ether oxygens (including phenoxy) is 1. The lowest BCUT2D eigenvalue weighted by atomic mass is 10.0. The minimum Gasteiger partial charge on any atom is -0.491 e. The van der Waals surface area contributed by atoms with E-state index in [-0.39, 0.29) is 12.1 Å². The Hall–Kier alpha value is -1.62. The van der Waals surface area contributed by atoms with Crippen molar-refractivity contribution in [3.8, 4) is 5.75 Å². The van der Waals surface area contributed by atoms with E-state index in [1.165, 1.54) is 0 Å². The lowest BCUT2D eigenvalue weighted by Crippen LogP contribution is -2.30. The van der Waals surface area contributed by atoms with Crippen molar-refractivity contribution in [1.82, 2.24) is 10.4 Å². The molecule has 0 amide bonds. The van der Waals surface area contributed by atoms with Gasteiger partial charge in [0.15, 0.2) is 0 Å². The van der Waals surface area contributed by atoms with Gasteiger partial charge in [0.2, 0.25) is 0 Å². The molecule has 0 spiro atoms. The normalized spacial score (nSPS) is 12.4. The monoisotopic (exact) mass is 291 g/mol. The van der Waals surface area contributed by atoms with E-state index in [2.05, 4.69) is 10.4 Å². The van der Waals surface area contributed by atoms with Crippen LogP contribution in [0.2, 0.25) is 5.02 Å². The lowest BCUT2D eigenvalue weighted by molar-refractivity contribution is 0.238. The number of para-hydroxylation sites is 1.